The largest absolute Gasteiger partial charge is 0.303 e. The summed E-state index contributed by atoms with van der Waals surface area (Å²) in [5, 5.41) is 3.13. The van der Waals surface area contributed by atoms with Gasteiger partial charge in [0.25, 0.3) is 0 Å². The zero-order chi connectivity index (χ0) is 7.14. The number of benzene rings is 1. The van der Waals surface area contributed by atoms with E-state index in [0.717, 1.165) is 22.1 Å². The van der Waals surface area contributed by atoms with Gasteiger partial charge in [-0.2, -0.15) is 0 Å². The third kappa shape index (κ3) is 0.557. The molecule has 50 valence electrons. The summed E-state index contributed by atoms with van der Waals surface area (Å²) in [4.78, 5) is 10.0. The van der Waals surface area contributed by atoms with E-state index in [-0.39, 0.29) is 0 Å². The first-order valence-corrected chi connectivity index (χ1v) is 3.47. The predicted molar refractivity (Wildman–Crippen MR) is 38.9 cm³/mol. The molecule has 2 rings (SSSR count). The van der Waals surface area contributed by atoms with Gasteiger partial charge in [-0.15, -0.1) is 0 Å². The van der Waals surface area contributed by atoms with Crippen LogP contribution in [0.25, 0.3) is 0 Å². The zero-order valence-electron chi connectivity index (χ0n) is 5.23. The number of hydrogen-bond donors (Lipinski definition) is 0. The van der Waals surface area contributed by atoms with Crippen molar-refractivity contribution in [3.05, 3.63) is 33.2 Å². The lowest BCUT2D eigenvalue weighted by atomic mass is 9.97. The van der Waals surface area contributed by atoms with E-state index in [0.29, 0.717) is 6.42 Å². The molecular formula is C8H5ClO. The Hall–Kier alpha value is -0.820. The lowest BCUT2D eigenvalue weighted by Gasteiger charge is -2.10. The van der Waals surface area contributed by atoms with Crippen LogP contribution in [0.5, 0.6) is 0 Å². The molecule has 2 heteroatoms. The highest BCUT2D eigenvalue weighted by Gasteiger charge is 2.09. The monoisotopic (exact) mass is 152 g/mol. The molecule has 0 saturated heterocycles. The molecule has 0 aromatic rings. The molecule has 2 aliphatic rings. The van der Waals surface area contributed by atoms with Crippen LogP contribution >= 0.6 is 11.6 Å². The molecule has 0 aliphatic heterocycles. The number of rotatable bonds is 2. The van der Waals surface area contributed by atoms with Crippen LogP contribution in [-0.2, 0) is 11.2 Å². The molecule has 0 spiro atoms. The number of halogens is 1. The van der Waals surface area contributed by atoms with E-state index in [1.807, 2.05) is 12.1 Å². The highest BCUT2D eigenvalue weighted by Crippen LogP contribution is 2.25. The molecule has 0 fully saturated rings. The molecule has 0 amide bonds. The van der Waals surface area contributed by atoms with Gasteiger partial charge in [-0.1, -0.05) is 11.6 Å². The normalized spacial score (nSPS) is 11.3. The van der Waals surface area contributed by atoms with Crippen LogP contribution in [0.4, 0.5) is 0 Å². The van der Waals surface area contributed by atoms with Gasteiger partial charge in [0.15, 0.2) is 0 Å². The van der Waals surface area contributed by atoms with Gasteiger partial charge in [0.1, 0.15) is 6.29 Å². The zero-order valence-corrected chi connectivity index (χ0v) is 5.98. The Balaban J connectivity index is 2.41. The maximum atomic E-state index is 10.0. The fraction of sp³-hybridized carbons (Fsp3) is 0.125. The number of carbonyl (C=O) groups is 1. The van der Waals surface area contributed by atoms with Crippen molar-refractivity contribution in [1.29, 1.82) is 0 Å². The van der Waals surface area contributed by atoms with Crippen LogP contribution in [-0.4, -0.2) is 6.29 Å². The Morgan fingerprint density at radius 2 is 2.20 bits per heavy atom. The van der Waals surface area contributed by atoms with Crippen molar-refractivity contribution in [2.24, 2.45) is 0 Å². The van der Waals surface area contributed by atoms with E-state index >= 15 is 0 Å². The molecule has 10 heavy (non-hydrogen) atoms. The summed E-state index contributed by atoms with van der Waals surface area (Å²) < 4.78 is 0. The first kappa shape index (κ1) is 5.93. The standard InChI is InChI=1S/C8H5ClO/c9-8-4-6-5(1-2-10)3-7(6)8/h2-4H,1H2. The maximum Gasteiger partial charge on any atom is 0.124 e. The Bertz CT molecular complexity index is 381. The molecule has 0 aromatic heterocycles. The quantitative estimate of drug-likeness (QED) is 0.599. The second kappa shape index (κ2) is 1.83. The van der Waals surface area contributed by atoms with E-state index in [1.165, 1.54) is 5.22 Å². The fourth-order valence-electron chi connectivity index (χ4n) is 1.18. The van der Waals surface area contributed by atoms with Crippen LogP contribution in [0.3, 0.4) is 0 Å². The maximum absolute atomic E-state index is 10.0. The average Bonchev–Trinajstić information content (AvgIpc) is 1.92. The smallest absolute Gasteiger partial charge is 0.124 e. The van der Waals surface area contributed by atoms with Crippen molar-refractivity contribution in [3.8, 4) is 0 Å². The lowest BCUT2D eigenvalue weighted by Crippen LogP contribution is -1.98. The SMILES string of the molecule is O=CCc1cc2c(Cl)cc1=2. The van der Waals surface area contributed by atoms with Crippen LogP contribution in [0.2, 0.25) is 5.02 Å². The molecule has 0 saturated carbocycles. The molecule has 0 bridgehead atoms. The first-order valence-electron chi connectivity index (χ1n) is 3.09. The highest BCUT2D eigenvalue weighted by atomic mass is 35.5. The summed E-state index contributed by atoms with van der Waals surface area (Å²) in [6.45, 7) is 0. The molecule has 0 radical (unpaired) electrons. The Labute approximate surface area is 62.9 Å². The Kier molecular flexibility index (Phi) is 1.08. The Morgan fingerprint density at radius 1 is 1.40 bits per heavy atom. The van der Waals surface area contributed by atoms with Crippen molar-refractivity contribution >= 4 is 17.9 Å². The third-order valence-corrected chi connectivity index (χ3v) is 2.10. The average molecular weight is 153 g/mol. The molecule has 2 aliphatic carbocycles. The van der Waals surface area contributed by atoms with Crippen molar-refractivity contribution in [1.82, 2.24) is 0 Å². The Morgan fingerprint density at radius 3 is 2.60 bits per heavy atom. The van der Waals surface area contributed by atoms with Crippen molar-refractivity contribution in [2.75, 3.05) is 0 Å². The van der Waals surface area contributed by atoms with Gasteiger partial charge in [-0.05, 0) is 22.9 Å². The topological polar surface area (TPSA) is 17.1 Å². The van der Waals surface area contributed by atoms with Crippen LogP contribution in [0.1, 0.15) is 5.56 Å². The summed E-state index contributed by atoms with van der Waals surface area (Å²) in [5.74, 6) is 0. The minimum atomic E-state index is 0.527. The van der Waals surface area contributed by atoms with E-state index in [4.69, 9.17) is 11.6 Å². The summed E-state index contributed by atoms with van der Waals surface area (Å²) in [5.41, 5.74) is 1.12. The van der Waals surface area contributed by atoms with Gasteiger partial charge in [0.2, 0.25) is 0 Å². The van der Waals surface area contributed by atoms with Crippen molar-refractivity contribution < 1.29 is 4.79 Å². The minimum absolute atomic E-state index is 0.527. The van der Waals surface area contributed by atoms with Gasteiger partial charge >= 0.3 is 0 Å². The van der Waals surface area contributed by atoms with Gasteiger partial charge in [-0.3, -0.25) is 0 Å². The molecule has 0 heterocycles. The van der Waals surface area contributed by atoms with E-state index in [1.54, 1.807) is 0 Å². The van der Waals surface area contributed by atoms with Gasteiger partial charge in [0.05, 0.1) is 0 Å². The number of hydrogen-bond acceptors (Lipinski definition) is 1. The second-order valence-electron chi connectivity index (χ2n) is 2.36. The number of carbonyl (C=O) groups excluding carboxylic acids is 1. The van der Waals surface area contributed by atoms with Gasteiger partial charge in [0, 0.05) is 16.7 Å². The first-order chi connectivity index (χ1) is 4.83. The molecule has 1 nitrogen and oxygen atoms in total. The van der Waals surface area contributed by atoms with Crippen molar-refractivity contribution in [3.63, 3.8) is 0 Å². The van der Waals surface area contributed by atoms with Crippen molar-refractivity contribution in [2.45, 2.75) is 6.42 Å². The van der Waals surface area contributed by atoms with E-state index < -0.39 is 0 Å². The van der Waals surface area contributed by atoms with Gasteiger partial charge < -0.3 is 4.79 Å². The molecular weight excluding hydrogens is 148 g/mol. The van der Waals surface area contributed by atoms with Crippen LogP contribution < -0.4 is 0 Å². The van der Waals surface area contributed by atoms with Crippen LogP contribution in [0.15, 0.2) is 12.1 Å². The molecule has 0 aromatic carbocycles. The van der Waals surface area contributed by atoms with E-state index in [9.17, 15) is 4.79 Å². The summed E-state index contributed by atoms with van der Waals surface area (Å²) in [7, 11) is 0. The molecule has 0 atom stereocenters. The molecule has 0 unspecified atom stereocenters. The number of aldehydes is 1. The minimum Gasteiger partial charge on any atom is -0.303 e. The van der Waals surface area contributed by atoms with E-state index in [2.05, 4.69) is 0 Å². The molecule has 0 N–H and O–H groups in total. The third-order valence-electron chi connectivity index (χ3n) is 1.79. The second-order valence-corrected chi connectivity index (χ2v) is 2.77. The fourth-order valence-corrected chi connectivity index (χ4v) is 1.44. The summed E-state index contributed by atoms with van der Waals surface area (Å²) in [6, 6.07) is 3.86. The van der Waals surface area contributed by atoms with Crippen LogP contribution in [0, 0.1) is 10.4 Å². The predicted octanol–water partition coefficient (Wildman–Crippen LogP) is 1.68. The highest BCUT2D eigenvalue weighted by molar-refractivity contribution is 6.31. The van der Waals surface area contributed by atoms with Gasteiger partial charge in [-0.25, -0.2) is 0 Å². The summed E-state index contributed by atoms with van der Waals surface area (Å²) in [6.07, 6.45) is 1.44. The lowest BCUT2D eigenvalue weighted by molar-refractivity contribution is -0.107. The summed E-state index contributed by atoms with van der Waals surface area (Å²) >= 11 is 5.68.